The van der Waals surface area contributed by atoms with Crippen molar-refractivity contribution < 1.29 is 4.79 Å². The average Bonchev–Trinajstić information content (AvgIpc) is 2.47. The van der Waals surface area contributed by atoms with Crippen LogP contribution in [0.25, 0.3) is 0 Å². The zero-order valence-electron chi connectivity index (χ0n) is 13.5. The molecule has 3 N–H and O–H groups in total. The van der Waals surface area contributed by atoms with Crippen molar-refractivity contribution >= 4 is 11.6 Å². The van der Waals surface area contributed by atoms with E-state index in [9.17, 15) is 4.79 Å². The normalized spacial score (nSPS) is 22.9. The van der Waals surface area contributed by atoms with E-state index in [0.717, 1.165) is 37.9 Å². The van der Waals surface area contributed by atoms with Crippen LogP contribution in [0.2, 0.25) is 0 Å². The van der Waals surface area contributed by atoms with Crippen LogP contribution >= 0.6 is 0 Å². The summed E-state index contributed by atoms with van der Waals surface area (Å²) in [6.07, 6.45) is 4.09. The predicted octanol–water partition coefficient (Wildman–Crippen LogP) is 3.69. The maximum absolute atomic E-state index is 12.3. The number of benzene rings is 1. The van der Waals surface area contributed by atoms with Crippen LogP contribution in [0.15, 0.2) is 24.3 Å². The molecular weight excluding hydrogens is 260 g/mol. The number of carbonyl (C=O) groups is 1. The summed E-state index contributed by atoms with van der Waals surface area (Å²) in [5.41, 5.74) is 8.02. The van der Waals surface area contributed by atoms with Gasteiger partial charge in [0.15, 0.2) is 0 Å². The molecule has 0 aromatic heterocycles. The monoisotopic (exact) mass is 288 g/mol. The molecule has 1 aliphatic carbocycles. The van der Waals surface area contributed by atoms with Crippen molar-refractivity contribution in [3.05, 3.63) is 29.8 Å². The molecule has 0 atom stereocenters. The third-order valence-electron chi connectivity index (χ3n) is 4.57. The maximum atomic E-state index is 12.3. The fourth-order valence-electron chi connectivity index (χ4n) is 2.96. The third-order valence-corrected chi connectivity index (χ3v) is 4.57. The minimum Gasteiger partial charge on any atom is -0.330 e. The molecule has 3 heteroatoms. The van der Waals surface area contributed by atoms with Gasteiger partial charge in [-0.05, 0) is 61.3 Å². The number of rotatable bonds is 3. The first-order chi connectivity index (χ1) is 9.90. The fraction of sp³-hybridized carbons (Fsp3) is 0.611. The van der Waals surface area contributed by atoms with Gasteiger partial charge in [0.05, 0.1) is 0 Å². The number of hydrogen-bond donors (Lipinski definition) is 2. The Balaban J connectivity index is 1.91. The Morgan fingerprint density at radius 2 is 1.71 bits per heavy atom. The molecule has 3 nitrogen and oxygen atoms in total. The highest BCUT2D eigenvalue weighted by atomic mass is 16.1. The van der Waals surface area contributed by atoms with Crippen LogP contribution < -0.4 is 11.1 Å². The van der Waals surface area contributed by atoms with E-state index in [1.54, 1.807) is 0 Å². The van der Waals surface area contributed by atoms with E-state index in [1.807, 2.05) is 12.1 Å². The second-order valence-corrected chi connectivity index (χ2v) is 7.27. The van der Waals surface area contributed by atoms with Crippen LogP contribution in [0.5, 0.6) is 0 Å². The summed E-state index contributed by atoms with van der Waals surface area (Å²) in [4.78, 5) is 12.3. The predicted molar refractivity (Wildman–Crippen MR) is 88.3 cm³/mol. The Kier molecular flexibility index (Phi) is 5.04. The van der Waals surface area contributed by atoms with Crippen molar-refractivity contribution in [2.75, 3.05) is 11.9 Å². The molecule has 1 saturated carbocycles. The molecule has 21 heavy (non-hydrogen) atoms. The van der Waals surface area contributed by atoms with Gasteiger partial charge in [-0.1, -0.05) is 32.9 Å². The lowest BCUT2D eigenvalue weighted by Crippen LogP contribution is -2.29. The number of amides is 1. The molecule has 116 valence electrons. The number of anilines is 1. The first-order valence-corrected chi connectivity index (χ1v) is 8.01. The molecule has 1 aromatic rings. The van der Waals surface area contributed by atoms with E-state index >= 15 is 0 Å². The summed E-state index contributed by atoms with van der Waals surface area (Å²) >= 11 is 0. The van der Waals surface area contributed by atoms with Gasteiger partial charge in [-0.3, -0.25) is 4.79 Å². The lowest BCUT2D eigenvalue weighted by atomic mass is 9.81. The van der Waals surface area contributed by atoms with E-state index in [0.29, 0.717) is 5.92 Å². The molecule has 0 radical (unpaired) electrons. The molecule has 0 spiro atoms. The highest BCUT2D eigenvalue weighted by Crippen LogP contribution is 2.29. The van der Waals surface area contributed by atoms with Crippen LogP contribution in [0.3, 0.4) is 0 Å². The summed E-state index contributed by atoms with van der Waals surface area (Å²) in [7, 11) is 0. The van der Waals surface area contributed by atoms with Crippen molar-refractivity contribution in [1.82, 2.24) is 0 Å². The van der Waals surface area contributed by atoms with Crippen molar-refractivity contribution in [2.24, 2.45) is 17.6 Å². The highest BCUT2D eigenvalue weighted by molar-refractivity contribution is 5.92. The summed E-state index contributed by atoms with van der Waals surface area (Å²) < 4.78 is 0. The van der Waals surface area contributed by atoms with E-state index in [1.165, 1.54) is 5.56 Å². The van der Waals surface area contributed by atoms with Crippen LogP contribution in [0.4, 0.5) is 5.69 Å². The molecule has 1 aromatic carbocycles. The van der Waals surface area contributed by atoms with Gasteiger partial charge >= 0.3 is 0 Å². The van der Waals surface area contributed by atoms with Crippen LogP contribution in [-0.2, 0) is 10.2 Å². The Labute approximate surface area is 128 Å². The Morgan fingerprint density at radius 1 is 1.14 bits per heavy atom. The average molecular weight is 288 g/mol. The Bertz CT molecular complexity index is 465. The van der Waals surface area contributed by atoms with Gasteiger partial charge in [0.25, 0.3) is 0 Å². The second kappa shape index (κ2) is 6.61. The molecular formula is C18H28N2O. The van der Waals surface area contributed by atoms with E-state index in [4.69, 9.17) is 5.73 Å². The zero-order valence-corrected chi connectivity index (χ0v) is 13.5. The zero-order chi connectivity index (χ0) is 15.5. The molecule has 1 aliphatic rings. The minimum absolute atomic E-state index is 0.142. The second-order valence-electron chi connectivity index (χ2n) is 7.27. The van der Waals surface area contributed by atoms with Crippen LogP contribution in [-0.4, -0.2) is 12.5 Å². The van der Waals surface area contributed by atoms with E-state index in [-0.39, 0.29) is 17.2 Å². The van der Waals surface area contributed by atoms with Gasteiger partial charge in [0.1, 0.15) is 0 Å². The number of carbonyl (C=O) groups excluding carboxylic acids is 1. The highest BCUT2D eigenvalue weighted by Gasteiger charge is 2.25. The summed E-state index contributed by atoms with van der Waals surface area (Å²) in [6.45, 7) is 7.33. The smallest absolute Gasteiger partial charge is 0.227 e. The molecule has 1 fully saturated rings. The van der Waals surface area contributed by atoms with Crippen LogP contribution in [0, 0.1) is 11.8 Å². The lowest BCUT2D eigenvalue weighted by molar-refractivity contribution is -0.121. The number of hydrogen-bond acceptors (Lipinski definition) is 2. The van der Waals surface area contributed by atoms with E-state index < -0.39 is 0 Å². The minimum atomic E-state index is 0.142. The molecule has 0 unspecified atom stereocenters. The molecule has 0 aliphatic heterocycles. The van der Waals surface area contributed by atoms with E-state index in [2.05, 4.69) is 38.2 Å². The fourth-order valence-corrected chi connectivity index (χ4v) is 2.96. The van der Waals surface area contributed by atoms with Crippen molar-refractivity contribution in [2.45, 2.75) is 51.9 Å². The first-order valence-electron chi connectivity index (χ1n) is 8.01. The summed E-state index contributed by atoms with van der Waals surface area (Å²) in [6, 6.07) is 8.20. The van der Waals surface area contributed by atoms with Crippen LogP contribution in [0.1, 0.15) is 52.0 Å². The lowest BCUT2D eigenvalue weighted by Gasteiger charge is -2.26. The SMILES string of the molecule is CC(C)(C)c1ccc(NC(=O)C2CCC(CN)CC2)cc1. The Morgan fingerprint density at radius 3 is 2.19 bits per heavy atom. The molecule has 1 amide bonds. The first kappa shape index (κ1) is 16.0. The van der Waals surface area contributed by atoms with Gasteiger partial charge in [-0.25, -0.2) is 0 Å². The summed E-state index contributed by atoms with van der Waals surface area (Å²) in [5.74, 6) is 0.921. The van der Waals surface area contributed by atoms with Crippen molar-refractivity contribution in [1.29, 1.82) is 0 Å². The Hall–Kier alpha value is -1.35. The van der Waals surface area contributed by atoms with Crippen molar-refractivity contribution in [3.63, 3.8) is 0 Å². The molecule has 2 rings (SSSR count). The maximum Gasteiger partial charge on any atom is 0.227 e. The number of nitrogens with two attached hydrogens (primary N) is 1. The van der Waals surface area contributed by atoms with Gasteiger partial charge < -0.3 is 11.1 Å². The molecule has 0 heterocycles. The standard InChI is InChI=1S/C18H28N2O/c1-18(2,3)15-8-10-16(11-9-15)20-17(21)14-6-4-13(12-19)5-7-14/h8-11,13-14H,4-7,12,19H2,1-3H3,(H,20,21). The molecule has 0 bridgehead atoms. The van der Waals surface area contributed by atoms with Gasteiger partial charge in [0, 0.05) is 11.6 Å². The van der Waals surface area contributed by atoms with Crippen molar-refractivity contribution in [3.8, 4) is 0 Å². The van der Waals surface area contributed by atoms with Gasteiger partial charge in [-0.15, -0.1) is 0 Å². The third kappa shape index (κ3) is 4.31. The number of nitrogens with one attached hydrogen (secondary N) is 1. The quantitative estimate of drug-likeness (QED) is 0.891. The summed E-state index contributed by atoms with van der Waals surface area (Å²) in [5, 5.41) is 3.05. The molecule has 0 saturated heterocycles. The van der Waals surface area contributed by atoms with Gasteiger partial charge in [0.2, 0.25) is 5.91 Å². The largest absolute Gasteiger partial charge is 0.330 e. The van der Waals surface area contributed by atoms with Gasteiger partial charge in [-0.2, -0.15) is 0 Å². The topological polar surface area (TPSA) is 55.1 Å².